The number of nitrogens with zero attached hydrogens (tertiary/aromatic N) is 3. The average Bonchev–Trinajstić information content (AvgIpc) is 2.95. The van der Waals surface area contributed by atoms with Crippen molar-refractivity contribution in [2.45, 2.75) is 75.2 Å². The fourth-order valence-electron chi connectivity index (χ4n) is 4.16. The zero-order valence-electron chi connectivity index (χ0n) is 21.6. The molecule has 2 aromatic carbocycles. The molecule has 0 aliphatic carbocycles. The number of thioether (sulfide) groups is 1. The van der Waals surface area contributed by atoms with Crippen molar-refractivity contribution in [3.63, 3.8) is 0 Å². The van der Waals surface area contributed by atoms with E-state index in [1.807, 2.05) is 0 Å². The Kier molecular flexibility index (Phi) is 12.5. The van der Waals surface area contributed by atoms with Gasteiger partial charge in [0.1, 0.15) is 36.4 Å². The lowest BCUT2D eigenvalue weighted by Gasteiger charge is -2.42. The van der Waals surface area contributed by atoms with Crippen LogP contribution in [0.1, 0.15) is 66.2 Å². The van der Waals surface area contributed by atoms with Gasteiger partial charge in [0.05, 0.1) is 11.1 Å². The average molecular weight is 542 g/mol. The van der Waals surface area contributed by atoms with E-state index in [1.54, 1.807) is 60.7 Å². The molecule has 10 heteroatoms. The first-order valence-electron chi connectivity index (χ1n) is 13.0. The summed E-state index contributed by atoms with van der Waals surface area (Å²) >= 11 is 1.44. The van der Waals surface area contributed by atoms with Crippen LogP contribution in [0.15, 0.2) is 65.8 Å². The molecule has 1 heterocycles. The predicted molar refractivity (Wildman–Crippen MR) is 146 cm³/mol. The van der Waals surface area contributed by atoms with Crippen molar-refractivity contribution in [2.24, 2.45) is 5.11 Å². The van der Waals surface area contributed by atoms with E-state index in [9.17, 15) is 20.2 Å². The third kappa shape index (κ3) is 8.77. The van der Waals surface area contributed by atoms with E-state index in [0.717, 1.165) is 25.0 Å². The summed E-state index contributed by atoms with van der Waals surface area (Å²) in [5.41, 5.74) is 9.22. The van der Waals surface area contributed by atoms with Crippen molar-refractivity contribution in [1.29, 1.82) is 0 Å². The van der Waals surface area contributed by atoms with Crippen LogP contribution in [0.25, 0.3) is 10.4 Å². The first-order chi connectivity index (χ1) is 18.5. The highest BCUT2D eigenvalue weighted by atomic mass is 32.2. The van der Waals surface area contributed by atoms with Gasteiger partial charge in [-0.3, -0.25) is 0 Å². The Morgan fingerprint density at radius 1 is 0.974 bits per heavy atom. The van der Waals surface area contributed by atoms with Gasteiger partial charge in [0.25, 0.3) is 0 Å². The number of esters is 2. The Balaban J connectivity index is 1.72. The molecule has 204 valence electrons. The molecule has 9 nitrogen and oxygen atoms in total. The molecule has 0 amide bonds. The summed E-state index contributed by atoms with van der Waals surface area (Å²) in [6.45, 7) is 1.92. The number of benzene rings is 2. The summed E-state index contributed by atoms with van der Waals surface area (Å²) in [7, 11) is 0. The minimum atomic E-state index is -1.38. The molecule has 3 rings (SSSR count). The second-order valence-electron chi connectivity index (χ2n) is 9.07. The number of ether oxygens (including phenoxy) is 3. The Labute approximate surface area is 227 Å². The third-order valence-electron chi connectivity index (χ3n) is 6.25. The predicted octanol–water partition coefficient (Wildman–Crippen LogP) is 5.93. The normalized spacial score (nSPS) is 22.7. The number of azide groups is 1. The first-order valence-corrected chi connectivity index (χ1v) is 14.1. The maximum atomic E-state index is 12.9. The molecule has 0 radical (unpaired) electrons. The molecular formula is C28H35N3O6S. The van der Waals surface area contributed by atoms with E-state index in [2.05, 4.69) is 16.9 Å². The Morgan fingerprint density at radius 2 is 1.58 bits per heavy atom. The van der Waals surface area contributed by atoms with Crippen LogP contribution in [-0.2, 0) is 14.2 Å². The fourth-order valence-corrected chi connectivity index (χ4v) is 5.39. The Bertz CT molecular complexity index is 1050. The second kappa shape index (κ2) is 16.0. The van der Waals surface area contributed by atoms with Gasteiger partial charge < -0.3 is 19.3 Å². The van der Waals surface area contributed by atoms with Gasteiger partial charge in [0, 0.05) is 4.91 Å². The second-order valence-corrected chi connectivity index (χ2v) is 10.3. The largest absolute Gasteiger partial charge is 0.459 e. The van der Waals surface area contributed by atoms with Crippen LogP contribution in [0.2, 0.25) is 0 Å². The van der Waals surface area contributed by atoms with Crippen molar-refractivity contribution < 1.29 is 28.9 Å². The van der Waals surface area contributed by atoms with E-state index in [0.29, 0.717) is 11.1 Å². The van der Waals surface area contributed by atoms with Crippen molar-refractivity contribution >= 4 is 23.7 Å². The molecule has 0 aromatic heterocycles. The summed E-state index contributed by atoms with van der Waals surface area (Å²) in [6.07, 6.45) is 3.20. The molecule has 5 atom stereocenters. The highest BCUT2D eigenvalue weighted by molar-refractivity contribution is 7.99. The van der Waals surface area contributed by atoms with E-state index in [4.69, 9.17) is 14.2 Å². The third-order valence-corrected chi connectivity index (χ3v) is 7.49. The number of hydrogen-bond donors (Lipinski definition) is 1. The number of aliphatic hydroxyl groups is 1. The molecule has 0 bridgehead atoms. The summed E-state index contributed by atoms with van der Waals surface area (Å²) in [5.74, 6) is -0.484. The number of hydrogen-bond acceptors (Lipinski definition) is 8. The zero-order chi connectivity index (χ0) is 27.2. The van der Waals surface area contributed by atoms with Gasteiger partial charge in [0.2, 0.25) is 0 Å². The lowest BCUT2D eigenvalue weighted by Crippen LogP contribution is -2.58. The summed E-state index contributed by atoms with van der Waals surface area (Å²) in [5, 5.41) is 15.0. The van der Waals surface area contributed by atoms with Gasteiger partial charge in [-0.05, 0) is 42.0 Å². The van der Waals surface area contributed by atoms with Gasteiger partial charge in [-0.15, -0.1) is 11.8 Å². The monoisotopic (exact) mass is 541 g/mol. The SMILES string of the molecule is CCCCCCCCS[C@H]1O[C@H](COC(=O)c2ccccc2)[C@@H](O)[C@H](OC(=O)c2ccccc2)[C@H]1N=[N+]=[N-]. The minimum Gasteiger partial charge on any atom is -0.459 e. The Hall–Kier alpha value is -3.04. The van der Waals surface area contributed by atoms with Crippen molar-refractivity contribution in [3.8, 4) is 0 Å². The molecule has 1 N–H and O–H groups in total. The molecule has 38 heavy (non-hydrogen) atoms. The van der Waals surface area contributed by atoms with Gasteiger partial charge in [-0.2, -0.15) is 0 Å². The number of unbranched alkanes of at least 4 members (excludes halogenated alkanes) is 5. The number of carbonyl (C=O) groups excluding carboxylic acids is 2. The van der Waals surface area contributed by atoms with Gasteiger partial charge >= 0.3 is 11.9 Å². The molecule has 0 spiro atoms. The highest BCUT2D eigenvalue weighted by Gasteiger charge is 2.48. The van der Waals surface area contributed by atoms with E-state index in [-0.39, 0.29) is 6.61 Å². The quantitative estimate of drug-likeness (QED) is 0.103. The molecule has 2 aromatic rings. The molecule has 1 aliphatic rings. The van der Waals surface area contributed by atoms with Gasteiger partial charge in [-0.1, -0.05) is 80.5 Å². The lowest BCUT2D eigenvalue weighted by atomic mass is 9.98. The van der Waals surface area contributed by atoms with Crippen LogP contribution < -0.4 is 0 Å². The highest BCUT2D eigenvalue weighted by Crippen LogP contribution is 2.34. The number of carbonyl (C=O) groups is 2. The van der Waals surface area contributed by atoms with Crippen molar-refractivity contribution in [1.82, 2.24) is 0 Å². The van der Waals surface area contributed by atoms with Crippen LogP contribution in [0.4, 0.5) is 0 Å². The van der Waals surface area contributed by atoms with Crippen molar-refractivity contribution in [2.75, 3.05) is 12.4 Å². The maximum absolute atomic E-state index is 12.9. The van der Waals surface area contributed by atoms with Crippen LogP contribution in [0, 0.1) is 0 Å². The summed E-state index contributed by atoms with van der Waals surface area (Å²) < 4.78 is 17.2. The van der Waals surface area contributed by atoms with Crippen LogP contribution in [-0.4, -0.2) is 59.2 Å². The first kappa shape index (κ1) is 29.5. The molecule has 1 fully saturated rings. The smallest absolute Gasteiger partial charge is 0.338 e. The molecule has 1 saturated heterocycles. The lowest BCUT2D eigenvalue weighted by molar-refractivity contribution is -0.168. The van der Waals surface area contributed by atoms with Crippen LogP contribution >= 0.6 is 11.8 Å². The number of rotatable bonds is 14. The van der Waals surface area contributed by atoms with E-state index < -0.39 is 41.7 Å². The Morgan fingerprint density at radius 3 is 2.21 bits per heavy atom. The molecule has 0 saturated carbocycles. The van der Waals surface area contributed by atoms with Crippen molar-refractivity contribution in [3.05, 3.63) is 82.2 Å². The van der Waals surface area contributed by atoms with Crippen LogP contribution in [0.3, 0.4) is 0 Å². The molecule has 1 aliphatic heterocycles. The maximum Gasteiger partial charge on any atom is 0.338 e. The minimum absolute atomic E-state index is 0.259. The van der Waals surface area contributed by atoms with E-state index >= 15 is 0 Å². The van der Waals surface area contributed by atoms with Gasteiger partial charge in [0.15, 0.2) is 0 Å². The fraction of sp³-hybridized carbons (Fsp3) is 0.500. The molecular weight excluding hydrogens is 506 g/mol. The zero-order valence-corrected chi connectivity index (χ0v) is 22.4. The molecule has 0 unspecified atom stereocenters. The summed E-state index contributed by atoms with van der Waals surface area (Å²) in [6, 6.07) is 15.9. The summed E-state index contributed by atoms with van der Waals surface area (Å²) in [4.78, 5) is 28.3. The van der Waals surface area contributed by atoms with Crippen LogP contribution in [0.5, 0.6) is 0 Å². The van der Waals surface area contributed by atoms with E-state index in [1.165, 1.54) is 31.0 Å². The van der Waals surface area contributed by atoms with Gasteiger partial charge in [-0.25, -0.2) is 9.59 Å². The number of aliphatic hydroxyl groups excluding tert-OH is 1. The topological polar surface area (TPSA) is 131 Å². The standard InChI is InChI=1S/C28H35N3O6S/c1-2-3-4-5-6-13-18-38-28-23(30-31-29)25(37-27(34)21-16-11-8-12-17-21)24(32)22(36-28)19-35-26(33)20-14-9-7-10-15-20/h7-12,14-17,22-25,28,32H,2-6,13,18-19H2,1H3/t22-,23-,24-,25-,28-/m1/s1.